The Hall–Kier alpha value is -4.32. The van der Waals surface area contributed by atoms with Crippen molar-refractivity contribution in [1.29, 1.82) is 0 Å². The average Bonchev–Trinajstić information content (AvgIpc) is 3.51. The van der Waals surface area contributed by atoms with Crippen LogP contribution in [0, 0.1) is 6.92 Å². The van der Waals surface area contributed by atoms with Crippen LogP contribution in [-0.4, -0.2) is 56.7 Å². The van der Waals surface area contributed by atoms with Gasteiger partial charge in [0.15, 0.2) is 0 Å². The van der Waals surface area contributed by atoms with Gasteiger partial charge in [0.1, 0.15) is 5.65 Å². The van der Waals surface area contributed by atoms with Gasteiger partial charge in [-0.1, -0.05) is 65.7 Å². The van der Waals surface area contributed by atoms with Gasteiger partial charge in [0.25, 0.3) is 5.56 Å². The van der Waals surface area contributed by atoms with Gasteiger partial charge in [0, 0.05) is 77.8 Å². The minimum absolute atomic E-state index is 0.0939. The number of aromatic nitrogens is 3. The normalized spacial score (nSPS) is 20.0. The number of benzene rings is 2. The highest BCUT2D eigenvalue weighted by molar-refractivity contribution is 6.39. The van der Waals surface area contributed by atoms with E-state index in [1.165, 1.54) is 0 Å². The number of hydrogen-bond donors (Lipinski definition) is 4. The third kappa shape index (κ3) is 7.24. The van der Waals surface area contributed by atoms with Gasteiger partial charge in [-0.05, 0) is 56.9 Å². The number of fused-ring (bicyclic) bond motifs is 1. The molecule has 2 aromatic carbocycles. The largest absolute Gasteiger partial charge is 0.481 e. The SMILES string of the molecule is COc1nc(-c2cccc(-c3cccc(-c4cc(C)n5c(=O)c(CN[C@H]6C[C@](C)(O)C6)cnc5c4)c3Cl)c2Cl)ccc1CNC[C@@H]1CCC(=O)N1. The summed E-state index contributed by atoms with van der Waals surface area (Å²) in [5.74, 6) is 0.587. The van der Waals surface area contributed by atoms with Crippen molar-refractivity contribution in [2.24, 2.45) is 0 Å². The highest BCUT2D eigenvalue weighted by atomic mass is 35.5. The third-order valence-corrected chi connectivity index (χ3v) is 10.6. The summed E-state index contributed by atoms with van der Waals surface area (Å²) in [6.07, 6.45) is 4.34. The summed E-state index contributed by atoms with van der Waals surface area (Å²) in [6, 6.07) is 19.6. The maximum Gasteiger partial charge on any atom is 0.262 e. The van der Waals surface area contributed by atoms with E-state index in [0.717, 1.165) is 45.5 Å². The van der Waals surface area contributed by atoms with Crippen LogP contribution in [0.2, 0.25) is 10.0 Å². The number of hydrogen-bond acceptors (Lipinski definition) is 8. The molecule has 51 heavy (non-hydrogen) atoms. The molecular weight excluding hydrogens is 687 g/mol. The summed E-state index contributed by atoms with van der Waals surface area (Å²) in [4.78, 5) is 34.4. The van der Waals surface area contributed by atoms with Crippen molar-refractivity contribution < 1.29 is 14.6 Å². The number of rotatable bonds is 11. The zero-order valence-corrected chi connectivity index (χ0v) is 30.2. The number of amides is 1. The van der Waals surface area contributed by atoms with Gasteiger partial charge in [-0.25, -0.2) is 9.97 Å². The molecule has 7 rings (SSSR count). The molecule has 10 nitrogen and oxygen atoms in total. The molecule has 5 aromatic rings. The Balaban J connectivity index is 1.14. The number of nitrogens with one attached hydrogen (secondary N) is 3. The Kier molecular flexibility index (Phi) is 9.88. The molecule has 12 heteroatoms. The first-order chi connectivity index (χ1) is 24.5. The summed E-state index contributed by atoms with van der Waals surface area (Å²) in [7, 11) is 1.59. The van der Waals surface area contributed by atoms with E-state index >= 15 is 0 Å². The number of pyridine rings is 2. The van der Waals surface area contributed by atoms with E-state index in [1.807, 2.05) is 74.5 Å². The Bertz CT molecular complexity index is 2200. The van der Waals surface area contributed by atoms with Crippen LogP contribution in [0.3, 0.4) is 0 Å². The number of carbonyl (C=O) groups excluding carboxylic acids is 1. The van der Waals surface area contributed by atoms with Crippen LogP contribution in [0.25, 0.3) is 39.2 Å². The highest BCUT2D eigenvalue weighted by Crippen LogP contribution is 2.42. The zero-order valence-electron chi connectivity index (χ0n) is 28.7. The molecule has 2 aliphatic rings. The molecule has 1 aliphatic heterocycles. The number of nitrogens with zero attached hydrogens (tertiary/aromatic N) is 3. The van der Waals surface area contributed by atoms with E-state index in [9.17, 15) is 14.7 Å². The molecule has 4 N–H and O–H groups in total. The molecule has 1 atom stereocenters. The van der Waals surface area contributed by atoms with Crippen molar-refractivity contribution >= 4 is 34.8 Å². The fraction of sp³-hybridized carbons (Fsp3) is 0.333. The van der Waals surface area contributed by atoms with E-state index in [0.29, 0.717) is 71.7 Å². The third-order valence-electron chi connectivity index (χ3n) is 9.81. The quantitative estimate of drug-likeness (QED) is 0.129. The van der Waals surface area contributed by atoms with Crippen molar-refractivity contribution in [3.05, 3.63) is 104 Å². The van der Waals surface area contributed by atoms with Crippen LogP contribution >= 0.6 is 23.2 Å². The molecule has 4 heterocycles. The predicted octanol–water partition coefficient (Wildman–Crippen LogP) is 6.09. The van der Waals surface area contributed by atoms with Crippen molar-refractivity contribution in [3.8, 4) is 39.4 Å². The Morgan fingerprint density at radius 3 is 2.37 bits per heavy atom. The Morgan fingerprint density at radius 2 is 1.69 bits per heavy atom. The molecule has 264 valence electrons. The number of carbonyl (C=O) groups is 1. The number of aliphatic hydroxyl groups is 1. The molecule has 0 radical (unpaired) electrons. The van der Waals surface area contributed by atoms with Crippen molar-refractivity contribution in [1.82, 2.24) is 30.3 Å². The molecule has 3 aromatic heterocycles. The Labute approximate surface area is 306 Å². The van der Waals surface area contributed by atoms with Gasteiger partial charge in [-0.2, -0.15) is 0 Å². The Morgan fingerprint density at radius 1 is 0.980 bits per heavy atom. The molecule has 2 fully saturated rings. The van der Waals surface area contributed by atoms with E-state index in [2.05, 4.69) is 20.9 Å². The van der Waals surface area contributed by atoms with Crippen LogP contribution in [-0.2, 0) is 17.9 Å². The van der Waals surface area contributed by atoms with Crippen molar-refractivity contribution in [2.45, 2.75) is 70.3 Å². The first-order valence-corrected chi connectivity index (χ1v) is 17.9. The lowest BCUT2D eigenvalue weighted by atomic mass is 9.77. The van der Waals surface area contributed by atoms with E-state index < -0.39 is 5.60 Å². The second-order valence-electron chi connectivity index (χ2n) is 13.8. The molecule has 1 amide bonds. The van der Waals surface area contributed by atoms with Crippen LogP contribution < -0.4 is 26.2 Å². The van der Waals surface area contributed by atoms with E-state index in [4.69, 9.17) is 32.9 Å². The molecular formula is C39H40Cl2N6O4. The summed E-state index contributed by atoms with van der Waals surface area (Å²) < 4.78 is 7.27. The lowest BCUT2D eigenvalue weighted by molar-refractivity contribution is -0.119. The van der Waals surface area contributed by atoms with Gasteiger partial charge in [-0.15, -0.1) is 0 Å². The van der Waals surface area contributed by atoms with Crippen molar-refractivity contribution in [2.75, 3.05) is 13.7 Å². The first-order valence-electron chi connectivity index (χ1n) is 17.1. The second kappa shape index (κ2) is 14.4. The molecule has 0 bridgehead atoms. The lowest BCUT2D eigenvalue weighted by Crippen LogP contribution is -2.51. The van der Waals surface area contributed by atoms with Crippen LogP contribution in [0.15, 0.2) is 71.7 Å². The standard InChI is InChI=1S/C39H40Cl2N6O4/c1-22-14-24(15-33-44-20-25(38(49)47(22)33)19-43-27-16-39(2,50)17-27)28-6-4-7-29(35(28)40)30-8-5-9-31(36(30)41)32-12-10-23(37(46-32)51-3)18-42-21-26-11-13-34(48)45-26/h4-10,12,14-15,20,26-27,42-43,50H,11,13,16-19,21H2,1-3H3,(H,45,48)/t26-,27-,39-/m0/s1. The van der Waals surface area contributed by atoms with Gasteiger partial charge < -0.3 is 25.8 Å². The molecule has 1 saturated heterocycles. The molecule has 0 unspecified atom stereocenters. The topological polar surface area (TPSA) is 130 Å². The monoisotopic (exact) mass is 726 g/mol. The van der Waals surface area contributed by atoms with Gasteiger partial charge in [0.2, 0.25) is 11.8 Å². The van der Waals surface area contributed by atoms with Crippen molar-refractivity contribution in [3.63, 3.8) is 0 Å². The summed E-state index contributed by atoms with van der Waals surface area (Å²) >= 11 is 14.3. The number of halogens is 2. The number of ether oxygens (including phenoxy) is 1. The average molecular weight is 728 g/mol. The minimum atomic E-state index is -0.637. The van der Waals surface area contributed by atoms with Crippen LogP contribution in [0.1, 0.15) is 49.4 Å². The van der Waals surface area contributed by atoms with E-state index in [1.54, 1.807) is 17.7 Å². The van der Waals surface area contributed by atoms with Gasteiger partial charge >= 0.3 is 0 Å². The fourth-order valence-corrected chi connectivity index (χ4v) is 7.80. The van der Waals surface area contributed by atoms with E-state index in [-0.39, 0.29) is 23.6 Å². The molecule has 1 aliphatic carbocycles. The zero-order chi connectivity index (χ0) is 35.9. The maximum atomic E-state index is 13.5. The minimum Gasteiger partial charge on any atom is -0.481 e. The van der Waals surface area contributed by atoms with Crippen LogP contribution in [0.4, 0.5) is 0 Å². The lowest BCUT2D eigenvalue weighted by Gasteiger charge is -2.41. The fourth-order valence-electron chi connectivity index (χ4n) is 7.14. The van der Waals surface area contributed by atoms with Gasteiger partial charge in [0.05, 0.1) is 34.0 Å². The number of aryl methyl sites for hydroxylation is 1. The maximum absolute atomic E-state index is 13.5. The highest BCUT2D eigenvalue weighted by Gasteiger charge is 2.38. The van der Waals surface area contributed by atoms with Gasteiger partial charge in [-0.3, -0.25) is 14.0 Å². The summed E-state index contributed by atoms with van der Waals surface area (Å²) in [5.41, 5.74) is 6.48. The second-order valence-corrected chi connectivity index (χ2v) is 14.5. The first kappa shape index (κ1) is 35.1. The molecule has 0 spiro atoms. The smallest absolute Gasteiger partial charge is 0.262 e. The summed E-state index contributed by atoms with van der Waals surface area (Å²) in [6.45, 7) is 5.31. The molecule has 1 saturated carbocycles. The number of methoxy groups -OCH3 is 1. The summed E-state index contributed by atoms with van der Waals surface area (Å²) in [5, 5.41) is 20.8. The van der Waals surface area contributed by atoms with Crippen LogP contribution in [0.5, 0.6) is 5.88 Å². The predicted molar refractivity (Wildman–Crippen MR) is 200 cm³/mol.